The second-order valence-electron chi connectivity index (χ2n) is 2.11. The van der Waals surface area contributed by atoms with Crippen LogP contribution in [0.1, 0.15) is 18.9 Å². The molecule has 1 aromatic rings. The lowest BCUT2D eigenvalue weighted by Crippen LogP contribution is -1.81. The van der Waals surface area contributed by atoms with Crippen molar-refractivity contribution >= 4 is 0 Å². The highest BCUT2D eigenvalue weighted by atomic mass is 14.6. The fraction of sp³-hybridized carbons (Fsp3) is 0.375. The number of hydrogen-bond donors (Lipinski definition) is 0. The first-order valence-corrected chi connectivity index (χ1v) is 3.32. The van der Waals surface area contributed by atoms with Gasteiger partial charge in [-0.3, -0.25) is 4.98 Å². The predicted octanol–water partition coefficient (Wildman–Crippen LogP) is 2.03. The van der Waals surface area contributed by atoms with E-state index in [1.54, 1.807) is 6.20 Å². The number of nitrogens with zero attached hydrogens (tertiary/aromatic N) is 1. The minimum absolute atomic E-state index is 1.15. The van der Waals surface area contributed by atoms with Crippen LogP contribution in [0.5, 0.6) is 0 Å². The molecule has 0 spiro atoms. The van der Waals surface area contributed by atoms with Crippen LogP contribution in [0.3, 0.4) is 0 Å². The first kappa shape index (κ1) is 6.27. The number of pyridine rings is 1. The molecule has 0 amide bonds. The molecule has 0 aromatic carbocycles. The summed E-state index contributed by atoms with van der Waals surface area (Å²) >= 11 is 0. The van der Waals surface area contributed by atoms with Gasteiger partial charge in [-0.1, -0.05) is 19.4 Å². The molecular formula is C8H11N. The molecule has 1 nitrogen and oxygen atoms in total. The van der Waals surface area contributed by atoms with Gasteiger partial charge >= 0.3 is 0 Å². The largest absolute Gasteiger partial charge is 0.264 e. The van der Waals surface area contributed by atoms with E-state index in [0.717, 1.165) is 6.42 Å². The molecule has 1 aromatic heterocycles. The van der Waals surface area contributed by atoms with Crippen LogP contribution in [0.25, 0.3) is 0 Å². The summed E-state index contributed by atoms with van der Waals surface area (Å²) in [5.74, 6) is 0. The highest BCUT2D eigenvalue weighted by Crippen LogP contribution is 1.98. The Morgan fingerprint density at radius 2 is 2.44 bits per heavy atom. The van der Waals surface area contributed by atoms with Crippen molar-refractivity contribution in [1.29, 1.82) is 0 Å². The van der Waals surface area contributed by atoms with Gasteiger partial charge in [-0.25, -0.2) is 0 Å². The van der Waals surface area contributed by atoms with Gasteiger partial charge in [0.05, 0.1) is 0 Å². The van der Waals surface area contributed by atoms with Crippen LogP contribution in [0.4, 0.5) is 0 Å². The number of hydrogen-bond acceptors (Lipinski definition) is 1. The lowest BCUT2D eigenvalue weighted by molar-refractivity contribution is 0.914. The average Bonchev–Trinajstić information content (AvgIpc) is 1.91. The molecule has 48 valence electrons. The van der Waals surface area contributed by atoms with Crippen LogP contribution in [0.2, 0.25) is 0 Å². The quantitative estimate of drug-likeness (QED) is 0.583. The summed E-state index contributed by atoms with van der Waals surface area (Å²) in [5.41, 5.74) is 1.33. The van der Waals surface area contributed by atoms with Gasteiger partial charge in [0.25, 0.3) is 0 Å². The molecule has 0 radical (unpaired) electrons. The van der Waals surface area contributed by atoms with Gasteiger partial charge in [0.2, 0.25) is 0 Å². The maximum absolute atomic E-state index is 4.00. The second kappa shape index (κ2) is 3.23. The first-order chi connectivity index (χ1) is 4.43. The molecule has 0 atom stereocenters. The number of rotatable bonds is 2. The van der Waals surface area contributed by atoms with E-state index < -0.39 is 0 Å². The van der Waals surface area contributed by atoms with Gasteiger partial charge in [0, 0.05) is 12.4 Å². The normalized spacial score (nSPS) is 9.44. The van der Waals surface area contributed by atoms with Gasteiger partial charge in [-0.05, 0) is 18.1 Å². The smallest absolute Gasteiger partial charge is 0.0299 e. The van der Waals surface area contributed by atoms with E-state index in [2.05, 4.69) is 18.0 Å². The Morgan fingerprint density at radius 1 is 1.56 bits per heavy atom. The minimum atomic E-state index is 1.15. The van der Waals surface area contributed by atoms with Crippen molar-refractivity contribution in [2.75, 3.05) is 0 Å². The van der Waals surface area contributed by atoms with E-state index in [-0.39, 0.29) is 0 Å². The van der Waals surface area contributed by atoms with Crippen LogP contribution in [-0.4, -0.2) is 4.98 Å². The van der Waals surface area contributed by atoms with Crippen LogP contribution < -0.4 is 0 Å². The van der Waals surface area contributed by atoms with E-state index in [1.807, 2.05) is 12.3 Å². The highest BCUT2D eigenvalue weighted by molar-refractivity contribution is 5.07. The first-order valence-electron chi connectivity index (χ1n) is 3.32. The number of aryl methyl sites for hydroxylation is 1. The van der Waals surface area contributed by atoms with Gasteiger partial charge in [-0.2, -0.15) is 0 Å². The van der Waals surface area contributed by atoms with Crippen LogP contribution in [0.15, 0.2) is 24.5 Å². The molecule has 0 unspecified atom stereocenters. The summed E-state index contributed by atoms with van der Waals surface area (Å²) in [6, 6.07) is 4.08. The van der Waals surface area contributed by atoms with E-state index >= 15 is 0 Å². The zero-order valence-corrected chi connectivity index (χ0v) is 5.67. The fourth-order valence-corrected chi connectivity index (χ4v) is 0.835. The van der Waals surface area contributed by atoms with Gasteiger partial charge < -0.3 is 0 Å². The van der Waals surface area contributed by atoms with E-state index in [1.165, 1.54) is 12.0 Å². The SMILES string of the molecule is CCCc1cccnc1. The molecule has 1 heteroatoms. The molecule has 0 aliphatic rings. The predicted molar refractivity (Wildman–Crippen MR) is 38.2 cm³/mol. The topological polar surface area (TPSA) is 12.9 Å². The third-order valence-corrected chi connectivity index (χ3v) is 1.26. The molecule has 1 rings (SSSR count). The molecule has 0 saturated carbocycles. The molecule has 0 saturated heterocycles. The summed E-state index contributed by atoms with van der Waals surface area (Å²) in [6.07, 6.45) is 6.07. The Morgan fingerprint density at radius 3 is 3.00 bits per heavy atom. The Kier molecular flexibility index (Phi) is 2.25. The molecule has 0 fully saturated rings. The number of aromatic nitrogens is 1. The molecule has 0 N–H and O–H groups in total. The maximum atomic E-state index is 4.00. The van der Waals surface area contributed by atoms with Crippen molar-refractivity contribution in [3.05, 3.63) is 30.1 Å². The van der Waals surface area contributed by atoms with Gasteiger partial charge in [0.1, 0.15) is 0 Å². The standard InChI is InChI=1S/C8H11N/c1-2-4-8-5-3-6-9-7-8/h3,5-7H,2,4H2,1H3. The molecule has 9 heavy (non-hydrogen) atoms. The third kappa shape index (κ3) is 1.84. The third-order valence-electron chi connectivity index (χ3n) is 1.26. The zero-order chi connectivity index (χ0) is 6.53. The van der Waals surface area contributed by atoms with Gasteiger partial charge in [-0.15, -0.1) is 0 Å². The summed E-state index contributed by atoms with van der Waals surface area (Å²) in [5, 5.41) is 0. The summed E-state index contributed by atoms with van der Waals surface area (Å²) in [4.78, 5) is 4.00. The van der Waals surface area contributed by atoms with Crippen LogP contribution >= 0.6 is 0 Å². The molecular weight excluding hydrogens is 110 g/mol. The monoisotopic (exact) mass is 121 g/mol. The molecule has 0 bridgehead atoms. The molecule has 1 heterocycles. The van der Waals surface area contributed by atoms with Crippen molar-refractivity contribution in [2.24, 2.45) is 0 Å². The maximum Gasteiger partial charge on any atom is 0.0299 e. The second-order valence-corrected chi connectivity index (χ2v) is 2.11. The van der Waals surface area contributed by atoms with Crippen molar-refractivity contribution in [2.45, 2.75) is 19.8 Å². The lowest BCUT2D eigenvalue weighted by atomic mass is 10.2. The van der Waals surface area contributed by atoms with Crippen molar-refractivity contribution < 1.29 is 0 Å². The van der Waals surface area contributed by atoms with E-state index in [0.29, 0.717) is 0 Å². The Labute approximate surface area is 55.7 Å². The minimum Gasteiger partial charge on any atom is -0.264 e. The Bertz CT molecular complexity index is 157. The van der Waals surface area contributed by atoms with Crippen molar-refractivity contribution in [1.82, 2.24) is 4.98 Å². The average molecular weight is 121 g/mol. The lowest BCUT2D eigenvalue weighted by Gasteiger charge is -1.92. The zero-order valence-electron chi connectivity index (χ0n) is 5.67. The van der Waals surface area contributed by atoms with E-state index in [4.69, 9.17) is 0 Å². The fourth-order valence-electron chi connectivity index (χ4n) is 0.835. The summed E-state index contributed by atoms with van der Waals surface area (Å²) in [6.45, 7) is 2.17. The summed E-state index contributed by atoms with van der Waals surface area (Å²) < 4.78 is 0. The van der Waals surface area contributed by atoms with Crippen LogP contribution in [0, 0.1) is 0 Å². The molecule has 0 aliphatic heterocycles. The van der Waals surface area contributed by atoms with Crippen LogP contribution in [-0.2, 0) is 6.42 Å². The van der Waals surface area contributed by atoms with Crippen molar-refractivity contribution in [3.8, 4) is 0 Å². The molecule has 0 aliphatic carbocycles. The highest BCUT2D eigenvalue weighted by Gasteiger charge is 1.85. The van der Waals surface area contributed by atoms with Gasteiger partial charge in [0.15, 0.2) is 0 Å². The Hall–Kier alpha value is -0.850. The van der Waals surface area contributed by atoms with E-state index in [9.17, 15) is 0 Å². The Balaban J connectivity index is 2.61. The summed E-state index contributed by atoms with van der Waals surface area (Å²) in [7, 11) is 0. The van der Waals surface area contributed by atoms with Crippen molar-refractivity contribution in [3.63, 3.8) is 0 Å².